The molecule has 0 saturated carbocycles. The fraction of sp³-hybridized carbons (Fsp3) is 0.333. The Labute approximate surface area is 179 Å². The van der Waals surface area contributed by atoms with Crippen molar-refractivity contribution in [1.82, 2.24) is 0 Å². The summed E-state index contributed by atoms with van der Waals surface area (Å²) in [7, 11) is 0. The van der Waals surface area contributed by atoms with E-state index in [0.29, 0.717) is 35.5 Å². The molecule has 0 saturated heterocycles. The number of carbonyl (C=O) groups excluding carboxylic acids is 2. The van der Waals surface area contributed by atoms with Crippen LogP contribution in [0.15, 0.2) is 45.3 Å². The number of fused-ring (bicyclic) bond motifs is 2. The molecule has 2 aromatic rings. The van der Waals surface area contributed by atoms with Crippen LogP contribution in [0.5, 0.6) is 11.5 Å². The lowest BCUT2D eigenvalue weighted by Crippen LogP contribution is -2.45. The van der Waals surface area contributed by atoms with Gasteiger partial charge in [0.2, 0.25) is 0 Å². The number of rotatable bonds is 4. The molecule has 1 N–H and O–H groups in total. The van der Waals surface area contributed by atoms with Gasteiger partial charge in [0.25, 0.3) is 0 Å². The minimum absolute atomic E-state index is 0.00274. The van der Waals surface area contributed by atoms with E-state index in [1.165, 1.54) is 0 Å². The lowest BCUT2D eigenvalue weighted by atomic mass is 9.74. The zero-order chi connectivity index (χ0) is 19.9. The number of ether oxygens (including phenoxy) is 2. The highest BCUT2D eigenvalue weighted by Crippen LogP contribution is 2.40. The van der Waals surface area contributed by atoms with E-state index in [0.717, 1.165) is 8.95 Å². The third kappa shape index (κ3) is 3.40. The van der Waals surface area contributed by atoms with E-state index < -0.39 is 5.41 Å². The molecule has 4 rings (SSSR count). The Morgan fingerprint density at radius 1 is 1.00 bits per heavy atom. The number of halogens is 2. The predicted octanol–water partition coefficient (Wildman–Crippen LogP) is 4.44. The van der Waals surface area contributed by atoms with E-state index in [4.69, 9.17) is 9.47 Å². The molecule has 7 heteroatoms. The van der Waals surface area contributed by atoms with Gasteiger partial charge in [-0.25, -0.2) is 0 Å². The highest BCUT2D eigenvalue weighted by molar-refractivity contribution is 9.10. The fourth-order valence-corrected chi connectivity index (χ4v) is 4.45. The molecule has 2 unspecified atom stereocenters. The van der Waals surface area contributed by atoms with Gasteiger partial charge in [0, 0.05) is 8.95 Å². The van der Waals surface area contributed by atoms with Gasteiger partial charge < -0.3 is 14.6 Å². The number of hydrogen-bond donors (Lipinski definition) is 1. The van der Waals surface area contributed by atoms with Gasteiger partial charge >= 0.3 is 0 Å². The number of aliphatic hydroxyl groups is 1. The van der Waals surface area contributed by atoms with Gasteiger partial charge in [0.1, 0.15) is 18.1 Å². The summed E-state index contributed by atoms with van der Waals surface area (Å²) in [5.41, 5.74) is -0.0506. The van der Waals surface area contributed by atoms with Crippen molar-refractivity contribution in [3.63, 3.8) is 0 Å². The van der Waals surface area contributed by atoms with Crippen molar-refractivity contribution >= 4 is 43.4 Å². The van der Waals surface area contributed by atoms with E-state index >= 15 is 0 Å². The van der Waals surface area contributed by atoms with Crippen molar-refractivity contribution < 1.29 is 24.2 Å². The molecule has 0 radical (unpaired) electrons. The van der Waals surface area contributed by atoms with Crippen LogP contribution < -0.4 is 9.47 Å². The Morgan fingerprint density at radius 2 is 1.64 bits per heavy atom. The molecule has 0 fully saturated rings. The van der Waals surface area contributed by atoms with Crippen molar-refractivity contribution in [2.75, 3.05) is 19.8 Å². The van der Waals surface area contributed by atoms with Gasteiger partial charge in [-0.1, -0.05) is 31.9 Å². The SMILES string of the molecule is O=C1c2cc(Br)ccc2OCC1CCC1(CO)COc2ccc(Br)cc2C1=O. The van der Waals surface area contributed by atoms with Crippen molar-refractivity contribution in [2.45, 2.75) is 12.8 Å². The molecule has 2 heterocycles. The van der Waals surface area contributed by atoms with Crippen LogP contribution >= 0.6 is 31.9 Å². The Balaban J connectivity index is 1.54. The van der Waals surface area contributed by atoms with E-state index in [9.17, 15) is 14.7 Å². The molecule has 0 aliphatic carbocycles. The monoisotopic (exact) mass is 508 g/mol. The molecule has 2 aliphatic rings. The summed E-state index contributed by atoms with van der Waals surface area (Å²) in [4.78, 5) is 26.0. The summed E-state index contributed by atoms with van der Waals surface area (Å²) in [6.07, 6.45) is 0.779. The number of carbonyl (C=O) groups is 2. The number of aliphatic hydroxyl groups excluding tert-OH is 1. The first-order chi connectivity index (χ1) is 13.4. The van der Waals surface area contributed by atoms with Crippen LogP contribution in [0, 0.1) is 11.3 Å². The van der Waals surface area contributed by atoms with Crippen molar-refractivity contribution in [2.24, 2.45) is 11.3 Å². The van der Waals surface area contributed by atoms with E-state index in [2.05, 4.69) is 31.9 Å². The number of benzene rings is 2. The second kappa shape index (κ2) is 7.61. The van der Waals surface area contributed by atoms with E-state index in [1.54, 1.807) is 24.3 Å². The summed E-state index contributed by atoms with van der Waals surface area (Å²) in [5.74, 6) is 0.597. The molecule has 5 nitrogen and oxygen atoms in total. The average molecular weight is 510 g/mol. The third-order valence-corrected chi connectivity index (χ3v) is 6.45. The minimum atomic E-state index is -1.05. The molecule has 2 aliphatic heterocycles. The Morgan fingerprint density at radius 3 is 2.32 bits per heavy atom. The zero-order valence-corrected chi connectivity index (χ0v) is 18.1. The fourth-order valence-electron chi connectivity index (χ4n) is 3.73. The Bertz CT molecular complexity index is 958. The van der Waals surface area contributed by atoms with Crippen molar-refractivity contribution in [3.8, 4) is 11.5 Å². The number of hydrogen-bond acceptors (Lipinski definition) is 5. The molecule has 0 aromatic heterocycles. The standard InChI is InChI=1S/C21H18Br2O5/c22-13-1-3-17-15(7-13)19(25)12(9-27-17)5-6-21(10-24)11-28-18-4-2-14(23)8-16(18)20(21)26/h1-4,7-8,12,24H,5-6,9-11H2. The van der Waals surface area contributed by atoms with Crippen LogP contribution in [0.3, 0.4) is 0 Å². The summed E-state index contributed by atoms with van der Waals surface area (Å²) in [6, 6.07) is 10.6. The summed E-state index contributed by atoms with van der Waals surface area (Å²) >= 11 is 6.75. The molecule has 2 aromatic carbocycles. The summed E-state index contributed by atoms with van der Waals surface area (Å²) in [6.45, 7) is 0.0364. The van der Waals surface area contributed by atoms with Crippen LogP contribution in [0.25, 0.3) is 0 Å². The second-order valence-electron chi connectivity index (χ2n) is 7.25. The molecule has 146 valence electrons. The lowest BCUT2D eigenvalue weighted by Gasteiger charge is -2.36. The molecule has 2 atom stereocenters. The summed E-state index contributed by atoms with van der Waals surface area (Å²) < 4.78 is 13.1. The van der Waals surface area contributed by atoms with Crippen molar-refractivity contribution in [1.29, 1.82) is 0 Å². The smallest absolute Gasteiger partial charge is 0.178 e. The van der Waals surface area contributed by atoms with E-state index in [-0.39, 0.29) is 37.3 Å². The molecular formula is C21H18Br2O5. The van der Waals surface area contributed by atoms with Crippen LogP contribution in [0.2, 0.25) is 0 Å². The topological polar surface area (TPSA) is 72.8 Å². The zero-order valence-electron chi connectivity index (χ0n) is 14.9. The van der Waals surface area contributed by atoms with Crippen LogP contribution in [-0.2, 0) is 0 Å². The maximum absolute atomic E-state index is 13.1. The quantitative estimate of drug-likeness (QED) is 0.659. The van der Waals surface area contributed by atoms with E-state index in [1.807, 2.05) is 12.1 Å². The second-order valence-corrected chi connectivity index (χ2v) is 9.08. The maximum atomic E-state index is 13.1. The normalized spacial score (nSPS) is 23.5. The van der Waals surface area contributed by atoms with Crippen molar-refractivity contribution in [3.05, 3.63) is 56.5 Å². The van der Waals surface area contributed by atoms with Crippen LogP contribution in [-0.4, -0.2) is 36.5 Å². The molecule has 0 spiro atoms. The number of ketones is 2. The van der Waals surface area contributed by atoms with Gasteiger partial charge in [-0.15, -0.1) is 0 Å². The molecular weight excluding hydrogens is 492 g/mol. The Kier molecular flexibility index (Phi) is 5.33. The minimum Gasteiger partial charge on any atom is -0.492 e. The largest absolute Gasteiger partial charge is 0.492 e. The van der Waals surface area contributed by atoms with Crippen LogP contribution in [0.1, 0.15) is 33.6 Å². The van der Waals surface area contributed by atoms with Gasteiger partial charge in [-0.2, -0.15) is 0 Å². The summed E-state index contributed by atoms with van der Waals surface area (Å²) in [5, 5.41) is 10.1. The first kappa shape index (κ1) is 19.6. The molecule has 28 heavy (non-hydrogen) atoms. The van der Waals surface area contributed by atoms with Gasteiger partial charge in [0.05, 0.1) is 35.7 Å². The Hall–Kier alpha value is -1.70. The van der Waals surface area contributed by atoms with Crippen LogP contribution in [0.4, 0.5) is 0 Å². The van der Waals surface area contributed by atoms with Gasteiger partial charge in [-0.3, -0.25) is 9.59 Å². The highest BCUT2D eigenvalue weighted by atomic mass is 79.9. The first-order valence-corrected chi connectivity index (χ1v) is 10.6. The molecule has 0 amide bonds. The first-order valence-electron chi connectivity index (χ1n) is 8.98. The maximum Gasteiger partial charge on any atom is 0.178 e. The number of Topliss-reactive ketones (excluding diaryl/α,β-unsaturated/α-hetero) is 2. The predicted molar refractivity (Wildman–Crippen MR) is 110 cm³/mol. The van der Waals surface area contributed by atoms with Gasteiger partial charge in [-0.05, 0) is 49.2 Å². The third-order valence-electron chi connectivity index (χ3n) is 5.46. The average Bonchev–Trinajstić information content (AvgIpc) is 2.70. The highest BCUT2D eigenvalue weighted by Gasteiger charge is 2.44. The van der Waals surface area contributed by atoms with Gasteiger partial charge in [0.15, 0.2) is 11.6 Å². The lowest BCUT2D eigenvalue weighted by molar-refractivity contribution is 0.0299. The molecule has 0 bridgehead atoms.